The van der Waals surface area contributed by atoms with Crippen molar-refractivity contribution in [2.45, 2.75) is 6.92 Å². The molecule has 2 aromatic heterocycles. The Morgan fingerprint density at radius 3 is 2.67 bits per heavy atom. The van der Waals surface area contributed by atoms with Gasteiger partial charge in [0.2, 0.25) is 0 Å². The maximum absolute atomic E-state index is 6.20. The maximum Gasteiger partial charge on any atom is 0.131 e. The number of hydrogen-bond donors (Lipinski definition) is 1. The molecule has 0 radical (unpaired) electrons. The predicted octanol–water partition coefficient (Wildman–Crippen LogP) is 3.80. The fourth-order valence-electron chi connectivity index (χ4n) is 2.30. The molecule has 3 rings (SSSR count). The number of rotatable bonds is 2. The zero-order valence-electron chi connectivity index (χ0n) is 11.8. The minimum Gasteiger partial charge on any atom is -0.383 e. The van der Waals surface area contributed by atoms with E-state index in [0.717, 1.165) is 27.0 Å². The van der Waals surface area contributed by atoms with E-state index in [-0.39, 0.29) is 0 Å². The summed E-state index contributed by atoms with van der Waals surface area (Å²) in [6.45, 7) is 2.06. The van der Waals surface area contributed by atoms with Crippen LogP contribution in [0.25, 0.3) is 22.5 Å². The largest absolute Gasteiger partial charge is 0.383 e. The summed E-state index contributed by atoms with van der Waals surface area (Å²) in [5.74, 6) is 0.608. The fourth-order valence-corrected chi connectivity index (χ4v) is 2.98. The van der Waals surface area contributed by atoms with Crippen LogP contribution >= 0.6 is 15.9 Å². The topological polar surface area (TPSA) is 56.7 Å². The van der Waals surface area contributed by atoms with Gasteiger partial charge in [0, 0.05) is 23.3 Å². The molecule has 0 aliphatic heterocycles. The van der Waals surface area contributed by atoms with Gasteiger partial charge in [0.15, 0.2) is 0 Å². The van der Waals surface area contributed by atoms with E-state index in [2.05, 4.69) is 45.1 Å². The summed E-state index contributed by atoms with van der Waals surface area (Å²) < 4.78 is 2.68. The third-order valence-electron chi connectivity index (χ3n) is 3.39. The summed E-state index contributed by atoms with van der Waals surface area (Å²) in [7, 11) is 1.84. The highest BCUT2D eigenvalue weighted by atomic mass is 79.9. The summed E-state index contributed by atoms with van der Waals surface area (Å²) in [5, 5.41) is 4.57. The van der Waals surface area contributed by atoms with Crippen LogP contribution < -0.4 is 5.73 Å². The summed E-state index contributed by atoms with van der Waals surface area (Å²) in [5.41, 5.74) is 10.9. The number of anilines is 1. The van der Waals surface area contributed by atoms with Crippen LogP contribution in [-0.4, -0.2) is 14.8 Å². The molecule has 4 nitrogen and oxygen atoms in total. The minimum absolute atomic E-state index is 0.608. The Labute approximate surface area is 131 Å². The van der Waals surface area contributed by atoms with Crippen LogP contribution in [0.5, 0.6) is 0 Å². The Kier molecular flexibility index (Phi) is 3.51. The van der Waals surface area contributed by atoms with Crippen molar-refractivity contribution in [3.63, 3.8) is 0 Å². The molecule has 2 N–H and O–H groups in total. The number of hydrogen-bond acceptors (Lipinski definition) is 3. The lowest BCUT2D eigenvalue weighted by Crippen LogP contribution is -1.98. The Balaban J connectivity index is 2.27. The van der Waals surface area contributed by atoms with E-state index in [1.807, 2.05) is 31.3 Å². The third-order valence-corrected chi connectivity index (χ3v) is 4.05. The number of aryl methyl sites for hydroxylation is 2. The van der Waals surface area contributed by atoms with Crippen molar-refractivity contribution >= 4 is 21.7 Å². The van der Waals surface area contributed by atoms with Gasteiger partial charge >= 0.3 is 0 Å². The lowest BCUT2D eigenvalue weighted by Gasteiger charge is -2.06. The van der Waals surface area contributed by atoms with Crippen molar-refractivity contribution in [3.05, 3.63) is 52.6 Å². The molecule has 0 bridgehead atoms. The van der Waals surface area contributed by atoms with Gasteiger partial charge in [0.1, 0.15) is 11.5 Å². The number of nitrogens with two attached hydrogens (primary N) is 1. The minimum atomic E-state index is 0.608. The van der Waals surface area contributed by atoms with Crippen LogP contribution in [0.4, 0.5) is 5.82 Å². The molecule has 0 aliphatic rings. The van der Waals surface area contributed by atoms with Gasteiger partial charge in [-0.25, -0.2) is 0 Å². The fraction of sp³-hybridized carbons (Fsp3) is 0.125. The first-order chi connectivity index (χ1) is 10.1. The monoisotopic (exact) mass is 342 g/mol. The molecular weight excluding hydrogens is 328 g/mol. The molecule has 3 aromatic rings. The predicted molar refractivity (Wildman–Crippen MR) is 88.7 cm³/mol. The smallest absolute Gasteiger partial charge is 0.131 e. The number of benzene rings is 1. The molecule has 0 saturated heterocycles. The summed E-state index contributed by atoms with van der Waals surface area (Å²) in [6, 6.07) is 12.0. The van der Waals surface area contributed by atoms with Gasteiger partial charge in [0.25, 0.3) is 0 Å². The van der Waals surface area contributed by atoms with Crippen molar-refractivity contribution in [2.75, 3.05) is 5.73 Å². The first-order valence-corrected chi connectivity index (χ1v) is 7.37. The van der Waals surface area contributed by atoms with Gasteiger partial charge in [-0.1, -0.05) is 34.1 Å². The molecule has 0 atom stereocenters. The molecule has 0 unspecified atom stereocenters. The first kappa shape index (κ1) is 13.8. The van der Waals surface area contributed by atoms with E-state index in [0.29, 0.717) is 5.82 Å². The average molecular weight is 343 g/mol. The molecule has 106 valence electrons. The first-order valence-electron chi connectivity index (χ1n) is 6.58. The summed E-state index contributed by atoms with van der Waals surface area (Å²) in [4.78, 5) is 4.41. The summed E-state index contributed by atoms with van der Waals surface area (Å²) in [6.07, 6.45) is 1.76. The van der Waals surface area contributed by atoms with Gasteiger partial charge in [-0.3, -0.25) is 9.67 Å². The molecule has 21 heavy (non-hydrogen) atoms. The van der Waals surface area contributed by atoms with E-state index in [1.165, 1.54) is 5.56 Å². The number of nitrogens with zero attached hydrogens (tertiary/aromatic N) is 3. The SMILES string of the molecule is Cc1ccc(-c2nn(C)c(N)c2-c2ccccn2)c(Br)c1. The molecular formula is C16H15BrN4. The zero-order valence-corrected chi connectivity index (χ0v) is 13.4. The molecule has 0 aliphatic carbocycles. The highest BCUT2D eigenvalue weighted by Gasteiger charge is 2.19. The molecule has 0 fully saturated rings. The Morgan fingerprint density at radius 2 is 2.00 bits per heavy atom. The van der Waals surface area contributed by atoms with Crippen LogP contribution in [0.1, 0.15) is 5.56 Å². The highest BCUT2D eigenvalue weighted by Crippen LogP contribution is 2.38. The number of halogens is 1. The van der Waals surface area contributed by atoms with Crippen LogP contribution in [0.15, 0.2) is 47.1 Å². The van der Waals surface area contributed by atoms with Crippen LogP contribution in [0.2, 0.25) is 0 Å². The number of nitrogen functional groups attached to an aromatic ring is 1. The maximum atomic E-state index is 6.20. The van der Waals surface area contributed by atoms with Crippen LogP contribution in [0, 0.1) is 6.92 Å². The van der Waals surface area contributed by atoms with Crippen molar-refractivity contribution in [2.24, 2.45) is 7.05 Å². The van der Waals surface area contributed by atoms with E-state index in [1.54, 1.807) is 10.9 Å². The van der Waals surface area contributed by atoms with Crippen molar-refractivity contribution in [1.82, 2.24) is 14.8 Å². The zero-order chi connectivity index (χ0) is 15.0. The van der Waals surface area contributed by atoms with Gasteiger partial charge in [-0.2, -0.15) is 5.10 Å². The number of aromatic nitrogens is 3. The molecule has 2 heterocycles. The molecule has 0 spiro atoms. The van der Waals surface area contributed by atoms with E-state index in [4.69, 9.17) is 5.73 Å². The second-order valence-corrected chi connectivity index (χ2v) is 5.79. The third kappa shape index (κ3) is 2.45. The normalized spacial score (nSPS) is 10.8. The lowest BCUT2D eigenvalue weighted by atomic mass is 10.0. The average Bonchev–Trinajstić information content (AvgIpc) is 2.75. The van der Waals surface area contributed by atoms with Crippen molar-refractivity contribution in [1.29, 1.82) is 0 Å². The Morgan fingerprint density at radius 1 is 1.19 bits per heavy atom. The van der Waals surface area contributed by atoms with Gasteiger partial charge in [-0.05, 0) is 30.7 Å². The lowest BCUT2D eigenvalue weighted by molar-refractivity contribution is 0.782. The standard InChI is InChI=1S/C16H15BrN4/c1-10-6-7-11(12(17)9-10)15-14(16(18)21(2)20-15)13-5-3-4-8-19-13/h3-9H,18H2,1-2H3. The Bertz CT molecular complexity index is 794. The highest BCUT2D eigenvalue weighted by molar-refractivity contribution is 9.10. The van der Waals surface area contributed by atoms with Crippen LogP contribution in [0.3, 0.4) is 0 Å². The summed E-state index contributed by atoms with van der Waals surface area (Å²) >= 11 is 3.61. The van der Waals surface area contributed by atoms with Crippen molar-refractivity contribution < 1.29 is 0 Å². The molecule has 0 saturated carbocycles. The van der Waals surface area contributed by atoms with Gasteiger partial charge < -0.3 is 5.73 Å². The Hall–Kier alpha value is -2.14. The van der Waals surface area contributed by atoms with Crippen LogP contribution in [-0.2, 0) is 7.05 Å². The molecule has 1 aromatic carbocycles. The quantitative estimate of drug-likeness (QED) is 0.770. The molecule has 0 amide bonds. The second-order valence-electron chi connectivity index (χ2n) is 4.93. The van der Waals surface area contributed by atoms with Crippen molar-refractivity contribution in [3.8, 4) is 22.5 Å². The molecule has 5 heteroatoms. The number of pyridine rings is 1. The second kappa shape index (κ2) is 5.33. The van der Waals surface area contributed by atoms with E-state index >= 15 is 0 Å². The van der Waals surface area contributed by atoms with E-state index < -0.39 is 0 Å². The van der Waals surface area contributed by atoms with E-state index in [9.17, 15) is 0 Å². The van der Waals surface area contributed by atoms with Gasteiger partial charge in [0.05, 0.1) is 11.3 Å². The van der Waals surface area contributed by atoms with Gasteiger partial charge in [-0.15, -0.1) is 0 Å².